The van der Waals surface area contributed by atoms with Crippen molar-refractivity contribution in [2.45, 2.75) is 19.3 Å². The van der Waals surface area contributed by atoms with Crippen LogP contribution in [0.15, 0.2) is 0 Å². The zero-order chi connectivity index (χ0) is 9.45. The smallest absolute Gasteiger partial charge is 0.319 e. The van der Waals surface area contributed by atoms with Crippen molar-refractivity contribution >= 4 is 19.9 Å². The summed E-state index contributed by atoms with van der Waals surface area (Å²) in [7, 11) is -1.33. The minimum atomic E-state index is -3.82. The average molecular weight is 213 g/mol. The Balaban J connectivity index is 3.12. The van der Waals surface area contributed by atoms with E-state index in [-0.39, 0.29) is 0 Å². The van der Waals surface area contributed by atoms with Crippen LogP contribution in [0.3, 0.4) is 0 Å². The van der Waals surface area contributed by atoms with E-state index in [0.29, 0.717) is 16.5 Å². The van der Waals surface area contributed by atoms with Crippen LogP contribution in [-0.2, 0) is 9.15 Å². The van der Waals surface area contributed by atoms with Crippen molar-refractivity contribution in [2.24, 2.45) is 0 Å². The molecular formula is C6H15NO3S2. The first-order valence-electron chi connectivity index (χ1n) is 3.82. The highest BCUT2D eigenvalue weighted by Gasteiger charge is 2.03. The van der Waals surface area contributed by atoms with E-state index in [2.05, 4.69) is 5.32 Å². The van der Waals surface area contributed by atoms with E-state index in [9.17, 15) is 8.42 Å². The molecule has 0 aliphatic rings. The summed E-state index contributed by atoms with van der Waals surface area (Å²) in [5.74, 6) is 0.475. The lowest BCUT2D eigenvalue weighted by Gasteiger charge is -1.98. The maximum absolute atomic E-state index is 10.2. The van der Waals surface area contributed by atoms with Crippen molar-refractivity contribution in [3.63, 3.8) is 0 Å². The third-order valence-electron chi connectivity index (χ3n) is 1.30. The van der Waals surface area contributed by atoms with Crippen molar-refractivity contribution in [3.05, 3.63) is 0 Å². The van der Waals surface area contributed by atoms with Gasteiger partial charge in [-0.2, -0.15) is 8.42 Å². The molecule has 0 bridgehead atoms. The van der Waals surface area contributed by atoms with Crippen LogP contribution in [0.2, 0.25) is 0 Å². The molecule has 0 aromatic rings. The molecule has 0 saturated carbocycles. The van der Waals surface area contributed by atoms with Gasteiger partial charge in [-0.05, 0) is 37.2 Å². The van der Waals surface area contributed by atoms with Crippen LogP contribution in [0.5, 0.6) is 0 Å². The third-order valence-corrected chi connectivity index (χ3v) is 3.45. The van der Waals surface area contributed by atoms with Gasteiger partial charge < -0.3 is 5.32 Å². The molecule has 0 aliphatic heterocycles. The second kappa shape index (κ2) is 6.71. The van der Waals surface area contributed by atoms with Gasteiger partial charge in [0.1, 0.15) is 0 Å². The van der Waals surface area contributed by atoms with Gasteiger partial charge >= 0.3 is 9.15 Å². The summed E-state index contributed by atoms with van der Waals surface area (Å²) in [6.45, 7) is 0.955. The molecule has 0 unspecified atom stereocenters. The standard InChI is InChI=1S/C6H15NO3S2/c1-7-5-3-2-4-6-11-12(8,9)10/h7H,2-6H2,1H3,(H,8,9,10). The lowest BCUT2D eigenvalue weighted by molar-refractivity contribution is 0.503. The molecule has 0 aromatic heterocycles. The minimum Gasteiger partial charge on any atom is -0.320 e. The van der Waals surface area contributed by atoms with Crippen LogP contribution in [0.1, 0.15) is 19.3 Å². The molecule has 0 fully saturated rings. The molecule has 0 heterocycles. The Morgan fingerprint density at radius 3 is 2.50 bits per heavy atom. The van der Waals surface area contributed by atoms with Crippen LogP contribution >= 0.6 is 10.8 Å². The molecule has 0 aliphatic carbocycles. The zero-order valence-corrected chi connectivity index (χ0v) is 8.75. The van der Waals surface area contributed by atoms with Crippen molar-refractivity contribution in [1.29, 1.82) is 0 Å². The van der Waals surface area contributed by atoms with Gasteiger partial charge in [0.25, 0.3) is 0 Å². The summed E-state index contributed by atoms with van der Waals surface area (Å²) in [4.78, 5) is 0. The second-order valence-corrected chi connectivity index (χ2v) is 5.88. The van der Waals surface area contributed by atoms with Gasteiger partial charge in [0.15, 0.2) is 0 Å². The van der Waals surface area contributed by atoms with E-state index in [4.69, 9.17) is 4.55 Å². The summed E-state index contributed by atoms with van der Waals surface area (Å²) in [6.07, 6.45) is 2.86. The maximum atomic E-state index is 10.2. The monoisotopic (exact) mass is 213 g/mol. The zero-order valence-electron chi connectivity index (χ0n) is 7.12. The Labute approximate surface area is 77.3 Å². The first-order valence-corrected chi connectivity index (χ1v) is 6.77. The number of hydrogen-bond acceptors (Lipinski definition) is 4. The highest BCUT2D eigenvalue weighted by Crippen LogP contribution is 2.11. The van der Waals surface area contributed by atoms with Gasteiger partial charge in [0.05, 0.1) is 0 Å². The van der Waals surface area contributed by atoms with Crippen molar-refractivity contribution in [3.8, 4) is 0 Å². The van der Waals surface area contributed by atoms with Crippen LogP contribution < -0.4 is 5.32 Å². The van der Waals surface area contributed by atoms with E-state index in [1.54, 1.807) is 0 Å². The number of nitrogens with one attached hydrogen (secondary N) is 1. The molecule has 0 atom stereocenters. The Hall–Kier alpha value is 0.220. The lowest BCUT2D eigenvalue weighted by atomic mass is 10.2. The number of unbranched alkanes of at least 4 members (excludes halogenated alkanes) is 2. The molecule has 0 saturated heterocycles. The molecule has 4 nitrogen and oxygen atoms in total. The van der Waals surface area contributed by atoms with Gasteiger partial charge in [-0.3, -0.25) is 4.55 Å². The van der Waals surface area contributed by atoms with E-state index < -0.39 is 9.15 Å². The highest BCUT2D eigenvalue weighted by molar-refractivity contribution is 8.69. The predicted octanol–water partition coefficient (Wildman–Crippen LogP) is 0.912. The summed E-state index contributed by atoms with van der Waals surface area (Å²) >= 11 is 0. The molecule has 0 rings (SSSR count). The average Bonchev–Trinajstić information content (AvgIpc) is 1.94. The normalized spacial score (nSPS) is 11.8. The Morgan fingerprint density at radius 1 is 1.33 bits per heavy atom. The summed E-state index contributed by atoms with van der Waals surface area (Å²) < 4.78 is 28.8. The van der Waals surface area contributed by atoms with E-state index in [1.807, 2.05) is 7.05 Å². The lowest BCUT2D eigenvalue weighted by Crippen LogP contribution is -2.07. The SMILES string of the molecule is CNCCCCCSS(=O)(=O)O. The topological polar surface area (TPSA) is 66.4 Å². The van der Waals surface area contributed by atoms with Crippen molar-refractivity contribution in [2.75, 3.05) is 19.3 Å². The Kier molecular flexibility index (Phi) is 6.83. The first kappa shape index (κ1) is 12.2. The fourth-order valence-corrected chi connectivity index (χ4v) is 2.26. The molecule has 0 amide bonds. The van der Waals surface area contributed by atoms with Crippen LogP contribution in [0, 0.1) is 0 Å². The molecular weight excluding hydrogens is 198 g/mol. The summed E-state index contributed by atoms with van der Waals surface area (Å²) in [6, 6.07) is 0. The van der Waals surface area contributed by atoms with Crippen LogP contribution in [0.25, 0.3) is 0 Å². The minimum absolute atomic E-state index is 0.475. The van der Waals surface area contributed by atoms with Crippen molar-refractivity contribution < 1.29 is 13.0 Å². The maximum Gasteiger partial charge on any atom is 0.319 e. The van der Waals surface area contributed by atoms with Crippen molar-refractivity contribution in [1.82, 2.24) is 5.32 Å². The summed E-state index contributed by atoms with van der Waals surface area (Å²) in [5.41, 5.74) is 0. The van der Waals surface area contributed by atoms with Crippen LogP contribution in [0.4, 0.5) is 0 Å². The van der Waals surface area contributed by atoms with Crippen LogP contribution in [-0.4, -0.2) is 32.3 Å². The third kappa shape index (κ3) is 10.2. The first-order chi connectivity index (χ1) is 5.56. The van der Waals surface area contributed by atoms with Gasteiger partial charge in [-0.25, -0.2) is 0 Å². The summed E-state index contributed by atoms with van der Waals surface area (Å²) in [5, 5.41) is 3.00. The Morgan fingerprint density at radius 2 is 2.00 bits per heavy atom. The molecule has 0 aromatic carbocycles. The van der Waals surface area contributed by atoms with Gasteiger partial charge in [0.2, 0.25) is 0 Å². The largest absolute Gasteiger partial charge is 0.320 e. The molecule has 0 spiro atoms. The van der Waals surface area contributed by atoms with Gasteiger partial charge in [0, 0.05) is 5.75 Å². The molecule has 6 heteroatoms. The van der Waals surface area contributed by atoms with E-state index in [1.165, 1.54) is 0 Å². The molecule has 12 heavy (non-hydrogen) atoms. The molecule has 74 valence electrons. The number of rotatable bonds is 7. The fraction of sp³-hybridized carbons (Fsp3) is 1.00. The van der Waals surface area contributed by atoms with E-state index in [0.717, 1.165) is 25.8 Å². The number of hydrogen-bond donors (Lipinski definition) is 2. The second-order valence-electron chi connectivity index (χ2n) is 2.41. The Bertz CT molecular complexity index is 191. The van der Waals surface area contributed by atoms with E-state index >= 15 is 0 Å². The predicted molar refractivity (Wildman–Crippen MR) is 51.8 cm³/mol. The quantitative estimate of drug-likeness (QED) is 0.374. The highest BCUT2D eigenvalue weighted by atomic mass is 33.1. The van der Waals surface area contributed by atoms with Gasteiger partial charge in [-0.1, -0.05) is 6.42 Å². The fourth-order valence-electron chi connectivity index (χ4n) is 0.745. The molecule has 0 radical (unpaired) electrons. The van der Waals surface area contributed by atoms with Gasteiger partial charge in [-0.15, -0.1) is 0 Å². The molecule has 2 N–H and O–H groups in total.